The Kier molecular flexibility index (Phi) is 4.51. The molecule has 8 heteroatoms. The number of thiophene rings is 1. The van der Waals surface area contributed by atoms with Gasteiger partial charge in [-0.05, 0) is 11.4 Å². The Morgan fingerprint density at radius 3 is 2.55 bits per heavy atom. The minimum Gasteiger partial charge on any atom is -0.370 e. The number of ether oxygens (including phenoxy) is 1. The van der Waals surface area contributed by atoms with Crippen LogP contribution in [-0.4, -0.2) is 67.2 Å². The molecule has 7 nitrogen and oxygen atoms in total. The molecule has 2 aliphatic heterocycles. The van der Waals surface area contributed by atoms with E-state index in [1.165, 1.54) is 0 Å². The van der Waals surface area contributed by atoms with Crippen LogP contribution in [0.3, 0.4) is 0 Å². The van der Waals surface area contributed by atoms with Crippen molar-refractivity contribution in [3.8, 4) is 0 Å². The molecule has 0 aliphatic carbocycles. The van der Waals surface area contributed by atoms with Crippen molar-refractivity contribution in [1.82, 2.24) is 9.80 Å². The molecule has 2 saturated heterocycles. The lowest BCUT2D eigenvalue weighted by Gasteiger charge is -2.26. The van der Waals surface area contributed by atoms with E-state index < -0.39 is 17.8 Å². The maximum absolute atomic E-state index is 12.3. The van der Waals surface area contributed by atoms with Crippen molar-refractivity contribution in [3.05, 3.63) is 22.4 Å². The standard InChI is InChI=1S/C14H17N3O4S/c18-12-13(19)17(10-15-5-7-21-8-6-15)14(20)16(12)4-3-11-2-1-9-22-11/h1-2,9H,3-8,10H2/p+1. The number of hydrogen-bond acceptors (Lipinski definition) is 5. The molecule has 0 atom stereocenters. The van der Waals surface area contributed by atoms with Gasteiger partial charge in [0.25, 0.3) is 0 Å². The van der Waals surface area contributed by atoms with Gasteiger partial charge in [-0.15, -0.1) is 11.3 Å². The third kappa shape index (κ3) is 3.03. The van der Waals surface area contributed by atoms with Gasteiger partial charge < -0.3 is 9.64 Å². The van der Waals surface area contributed by atoms with Gasteiger partial charge in [0.1, 0.15) is 13.1 Å². The monoisotopic (exact) mass is 324 g/mol. The van der Waals surface area contributed by atoms with E-state index in [2.05, 4.69) is 0 Å². The second kappa shape index (κ2) is 6.55. The zero-order chi connectivity index (χ0) is 15.5. The number of morpholine rings is 1. The molecule has 1 aromatic heterocycles. The first-order valence-electron chi connectivity index (χ1n) is 7.28. The number of carbonyl (C=O) groups is 3. The van der Waals surface area contributed by atoms with Gasteiger partial charge in [-0.3, -0.25) is 14.5 Å². The van der Waals surface area contributed by atoms with E-state index in [-0.39, 0.29) is 13.2 Å². The van der Waals surface area contributed by atoms with Crippen molar-refractivity contribution in [2.45, 2.75) is 6.42 Å². The van der Waals surface area contributed by atoms with Crippen LogP contribution >= 0.6 is 11.3 Å². The van der Waals surface area contributed by atoms with E-state index in [4.69, 9.17) is 4.74 Å². The molecule has 0 bridgehead atoms. The molecular weight excluding hydrogens is 306 g/mol. The van der Waals surface area contributed by atoms with Gasteiger partial charge in [-0.25, -0.2) is 9.69 Å². The first-order chi connectivity index (χ1) is 10.7. The van der Waals surface area contributed by atoms with Crippen LogP contribution < -0.4 is 4.90 Å². The SMILES string of the molecule is O=C1C(=O)N(C[NH+]2CCOCC2)C(=O)N1CCc1cccs1. The summed E-state index contributed by atoms with van der Waals surface area (Å²) in [5.41, 5.74) is 0. The largest absolute Gasteiger partial charge is 0.370 e. The summed E-state index contributed by atoms with van der Waals surface area (Å²) in [5.74, 6) is -1.43. The molecule has 0 unspecified atom stereocenters. The van der Waals surface area contributed by atoms with Crippen molar-refractivity contribution < 1.29 is 24.0 Å². The molecule has 2 aliphatic rings. The van der Waals surface area contributed by atoms with E-state index >= 15 is 0 Å². The third-order valence-corrected chi connectivity index (χ3v) is 4.81. The second-order valence-electron chi connectivity index (χ2n) is 5.32. The number of imide groups is 2. The Bertz CT molecular complexity index is 569. The molecular formula is C14H18N3O4S+. The Morgan fingerprint density at radius 1 is 1.14 bits per heavy atom. The number of quaternary nitrogens is 1. The van der Waals surface area contributed by atoms with Crippen LogP contribution in [-0.2, 0) is 20.7 Å². The van der Waals surface area contributed by atoms with Crippen LogP contribution in [0.4, 0.5) is 4.79 Å². The molecule has 118 valence electrons. The first-order valence-corrected chi connectivity index (χ1v) is 8.16. The molecule has 3 heterocycles. The highest BCUT2D eigenvalue weighted by Crippen LogP contribution is 2.14. The number of carbonyl (C=O) groups excluding carboxylic acids is 3. The summed E-state index contributed by atoms with van der Waals surface area (Å²) < 4.78 is 5.25. The van der Waals surface area contributed by atoms with Crippen molar-refractivity contribution >= 4 is 29.2 Å². The van der Waals surface area contributed by atoms with Gasteiger partial charge in [0.2, 0.25) is 0 Å². The highest BCUT2D eigenvalue weighted by molar-refractivity contribution is 7.09. The molecule has 1 N–H and O–H groups in total. The highest BCUT2D eigenvalue weighted by Gasteiger charge is 2.45. The summed E-state index contributed by atoms with van der Waals surface area (Å²) in [7, 11) is 0. The summed E-state index contributed by atoms with van der Waals surface area (Å²) in [4.78, 5) is 40.7. The smallest absolute Gasteiger partial charge is 0.338 e. The van der Waals surface area contributed by atoms with Crippen molar-refractivity contribution in [1.29, 1.82) is 0 Å². The van der Waals surface area contributed by atoms with Gasteiger partial charge in [0.05, 0.1) is 13.2 Å². The molecule has 0 saturated carbocycles. The van der Waals surface area contributed by atoms with Gasteiger partial charge >= 0.3 is 17.8 Å². The molecule has 4 amide bonds. The minimum absolute atomic E-state index is 0.238. The van der Waals surface area contributed by atoms with Crippen molar-refractivity contribution in [3.63, 3.8) is 0 Å². The fourth-order valence-electron chi connectivity index (χ4n) is 2.61. The summed E-state index contributed by atoms with van der Waals surface area (Å²) in [6, 6.07) is 3.38. The molecule has 1 aromatic rings. The van der Waals surface area contributed by atoms with Gasteiger partial charge in [0.15, 0.2) is 6.67 Å². The highest BCUT2D eigenvalue weighted by atomic mass is 32.1. The number of urea groups is 1. The number of amides is 4. The van der Waals surface area contributed by atoms with Crippen LogP contribution in [0.5, 0.6) is 0 Å². The van der Waals surface area contributed by atoms with Crippen molar-refractivity contribution in [2.75, 3.05) is 39.5 Å². The Hall–Kier alpha value is -1.77. The maximum atomic E-state index is 12.3. The summed E-state index contributed by atoms with van der Waals surface area (Å²) >= 11 is 1.57. The molecule has 0 radical (unpaired) electrons. The molecule has 3 rings (SSSR count). The first kappa shape index (κ1) is 15.1. The zero-order valence-corrected chi connectivity index (χ0v) is 12.9. The Morgan fingerprint density at radius 2 is 1.86 bits per heavy atom. The second-order valence-corrected chi connectivity index (χ2v) is 6.35. The minimum atomic E-state index is -0.714. The fraction of sp³-hybridized carbons (Fsp3) is 0.500. The summed E-state index contributed by atoms with van der Waals surface area (Å²) in [6.07, 6.45) is 0.584. The van der Waals surface area contributed by atoms with Crippen LogP contribution in [0.2, 0.25) is 0 Å². The van der Waals surface area contributed by atoms with Gasteiger partial charge in [-0.2, -0.15) is 0 Å². The molecule has 2 fully saturated rings. The summed E-state index contributed by atoms with van der Waals surface area (Å²) in [6.45, 7) is 3.19. The van der Waals surface area contributed by atoms with Crippen LogP contribution in [0, 0.1) is 0 Å². The number of nitrogens with one attached hydrogen (secondary N) is 1. The molecule has 0 spiro atoms. The fourth-order valence-corrected chi connectivity index (χ4v) is 3.30. The number of rotatable bonds is 5. The van der Waals surface area contributed by atoms with Crippen molar-refractivity contribution in [2.24, 2.45) is 0 Å². The van der Waals surface area contributed by atoms with E-state index in [1.54, 1.807) is 11.3 Å². The normalized spacial score (nSPS) is 20.3. The van der Waals surface area contributed by atoms with Crippen LogP contribution in [0.15, 0.2) is 17.5 Å². The summed E-state index contributed by atoms with van der Waals surface area (Å²) in [5, 5.41) is 1.95. The maximum Gasteiger partial charge on any atom is 0.338 e. The van der Waals surface area contributed by atoms with Crippen LogP contribution in [0.25, 0.3) is 0 Å². The average Bonchev–Trinajstić information content (AvgIpc) is 3.11. The van der Waals surface area contributed by atoms with E-state index in [1.807, 2.05) is 17.5 Å². The lowest BCUT2D eigenvalue weighted by atomic mass is 10.3. The lowest BCUT2D eigenvalue weighted by Crippen LogP contribution is -3.15. The average molecular weight is 324 g/mol. The Balaban J connectivity index is 1.62. The number of nitrogens with zero attached hydrogens (tertiary/aromatic N) is 2. The zero-order valence-electron chi connectivity index (χ0n) is 12.1. The number of hydrogen-bond donors (Lipinski definition) is 1. The lowest BCUT2D eigenvalue weighted by molar-refractivity contribution is -0.915. The third-order valence-electron chi connectivity index (χ3n) is 3.88. The Labute approximate surface area is 132 Å². The molecule has 22 heavy (non-hydrogen) atoms. The van der Waals surface area contributed by atoms with Gasteiger partial charge in [0, 0.05) is 17.8 Å². The molecule has 0 aromatic carbocycles. The van der Waals surface area contributed by atoms with Crippen LogP contribution in [0.1, 0.15) is 4.88 Å². The van der Waals surface area contributed by atoms with E-state index in [9.17, 15) is 14.4 Å². The predicted octanol–water partition coefficient (Wildman–Crippen LogP) is -1.05. The van der Waals surface area contributed by atoms with E-state index in [0.29, 0.717) is 19.6 Å². The predicted molar refractivity (Wildman–Crippen MR) is 78.4 cm³/mol. The quantitative estimate of drug-likeness (QED) is 0.554. The van der Waals surface area contributed by atoms with E-state index in [0.717, 1.165) is 32.7 Å². The topological polar surface area (TPSA) is 71.4 Å². The van der Waals surface area contributed by atoms with Gasteiger partial charge in [-0.1, -0.05) is 6.07 Å².